The lowest BCUT2D eigenvalue weighted by Crippen LogP contribution is -2.26. The monoisotopic (exact) mass is 220 g/mol. The van der Waals surface area contributed by atoms with E-state index >= 15 is 0 Å². The Morgan fingerprint density at radius 1 is 1.71 bits per heavy atom. The molecule has 80 valence electrons. The summed E-state index contributed by atoms with van der Waals surface area (Å²) in [4.78, 5) is -0.0755. The SMILES string of the molecule is Cn1cc(S(=O)(=O)NCCO)c(N)n1. The second-order valence-corrected chi connectivity index (χ2v) is 4.41. The molecule has 0 aliphatic rings. The lowest BCUT2D eigenvalue weighted by molar-refractivity contribution is 0.301. The predicted molar refractivity (Wildman–Crippen MR) is 49.9 cm³/mol. The van der Waals surface area contributed by atoms with Crippen molar-refractivity contribution in [3.05, 3.63) is 6.20 Å². The number of nitrogens with one attached hydrogen (secondary N) is 1. The van der Waals surface area contributed by atoms with Crippen LogP contribution in [0, 0.1) is 0 Å². The largest absolute Gasteiger partial charge is 0.395 e. The third kappa shape index (κ3) is 2.22. The van der Waals surface area contributed by atoms with Gasteiger partial charge in [-0.1, -0.05) is 0 Å². The van der Waals surface area contributed by atoms with Crippen LogP contribution in [0.3, 0.4) is 0 Å². The number of aliphatic hydroxyl groups excluding tert-OH is 1. The fourth-order valence-electron chi connectivity index (χ4n) is 0.949. The number of nitrogens with zero attached hydrogens (tertiary/aromatic N) is 2. The van der Waals surface area contributed by atoms with E-state index in [2.05, 4.69) is 9.82 Å². The van der Waals surface area contributed by atoms with E-state index in [1.54, 1.807) is 7.05 Å². The van der Waals surface area contributed by atoms with E-state index in [9.17, 15) is 8.42 Å². The molecule has 0 amide bonds. The summed E-state index contributed by atoms with van der Waals surface area (Å²) in [5.41, 5.74) is 5.39. The summed E-state index contributed by atoms with van der Waals surface area (Å²) >= 11 is 0. The van der Waals surface area contributed by atoms with E-state index in [0.29, 0.717) is 0 Å². The van der Waals surface area contributed by atoms with Gasteiger partial charge in [0.1, 0.15) is 4.90 Å². The van der Waals surface area contributed by atoms with Crippen LogP contribution in [0.15, 0.2) is 11.1 Å². The lowest BCUT2D eigenvalue weighted by Gasteiger charge is -2.02. The molecule has 0 bridgehead atoms. The van der Waals surface area contributed by atoms with Gasteiger partial charge in [-0.25, -0.2) is 13.1 Å². The van der Waals surface area contributed by atoms with Crippen molar-refractivity contribution < 1.29 is 13.5 Å². The van der Waals surface area contributed by atoms with Gasteiger partial charge in [-0.15, -0.1) is 0 Å². The first-order chi connectivity index (χ1) is 6.47. The van der Waals surface area contributed by atoms with E-state index in [1.165, 1.54) is 10.9 Å². The number of hydrogen-bond acceptors (Lipinski definition) is 5. The van der Waals surface area contributed by atoms with Crippen LogP contribution in [0.4, 0.5) is 5.82 Å². The van der Waals surface area contributed by atoms with Gasteiger partial charge in [0, 0.05) is 19.8 Å². The van der Waals surface area contributed by atoms with Crippen molar-refractivity contribution in [2.45, 2.75) is 4.90 Å². The second-order valence-electron chi connectivity index (χ2n) is 2.67. The van der Waals surface area contributed by atoms with Crippen molar-refractivity contribution in [2.75, 3.05) is 18.9 Å². The van der Waals surface area contributed by atoms with E-state index in [1.807, 2.05) is 0 Å². The molecule has 8 heteroatoms. The molecule has 7 nitrogen and oxygen atoms in total. The van der Waals surface area contributed by atoms with Crippen molar-refractivity contribution >= 4 is 15.8 Å². The molecule has 0 unspecified atom stereocenters. The molecule has 14 heavy (non-hydrogen) atoms. The average molecular weight is 220 g/mol. The van der Waals surface area contributed by atoms with Crippen LogP contribution in [0.25, 0.3) is 0 Å². The van der Waals surface area contributed by atoms with Gasteiger partial charge in [0.15, 0.2) is 5.82 Å². The molecule has 0 aliphatic carbocycles. The molecule has 1 heterocycles. The van der Waals surface area contributed by atoms with Gasteiger partial charge in [0.05, 0.1) is 6.61 Å². The number of hydrogen-bond donors (Lipinski definition) is 3. The minimum Gasteiger partial charge on any atom is -0.395 e. The zero-order valence-corrected chi connectivity index (χ0v) is 8.45. The molecule has 4 N–H and O–H groups in total. The minimum atomic E-state index is -3.65. The molecule has 0 spiro atoms. The Kier molecular flexibility index (Phi) is 3.09. The highest BCUT2D eigenvalue weighted by molar-refractivity contribution is 7.89. The second kappa shape index (κ2) is 3.95. The Balaban J connectivity index is 2.98. The maximum atomic E-state index is 11.5. The zero-order chi connectivity index (χ0) is 10.8. The fraction of sp³-hybridized carbons (Fsp3) is 0.500. The van der Waals surface area contributed by atoms with Crippen molar-refractivity contribution in [1.82, 2.24) is 14.5 Å². The number of anilines is 1. The first kappa shape index (κ1) is 11.0. The van der Waals surface area contributed by atoms with E-state index < -0.39 is 10.0 Å². The van der Waals surface area contributed by atoms with E-state index in [-0.39, 0.29) is 23.9 Å². The van der Waals surface area contributed by atoms with Gasteiger partial charge in [-0.2, -0.15) is 5.10 Å². The summed E-state index contributed by atoms with van der Waals surface area (Å²) in [6.45, 7) is -0.309. The predicted octanol–water partition coefficient (Wildman–Crippen LogP) is -1.73. The topological polar surface area (TPSA) is 110 Å². The van der Waals surface area contributed by atoms with Gasteiger partial charge in [-0.3, -0.25) is 4.68 Å². The van der Waals surface area contributed by atoms with Crippen LogP contribution in [0.1, 0.15) is 0 Å². The molecular weight excluding hydrogens is 208 g/mol. The van der Waals surface area contributed by atoms with Gasteiger partial charge in [0.25, 0.3) is 0 Å². The minimum absolute atomic E-state index is 0.0450. The summed E-state index contributed by atoms with van der Waals surface area (Å²) in [5.74, 6) is -0.0575. The van der Waals surface area contributed by atoms with Crippen LogP contribution in [0.5, 0.6) is 0 Å². The number of aromatic nitrogens is 2. The third-order valence-corrected chi connectivity index (χ3v) is 2.99. The summed E-state index contributed by atoms with van der Waals surface area (Å²) < 4.78 is 26.4. The van der Waals surface area contributed by atoms with Crippen molar-refractivity contribution in [2.24, 2.45) is 7.05 Å². The maximum absolute atomic E-state index is 11.5. The molecular formula is C6H12N4O3S. The average Bonchev–Trinajstić information content (AvgIpc) is 2.42. The maximum Gasteiger partial charge on any atom is 0.245 e. The smallest absolute Gasteiger partial charge is 0.245 e. The summed E-state index contributed by atoms with van der Waals surface area (Å²) in [6, 6.07) is 0. The van der Waals surface area contributed by atoms with Crippen LogP contribution in [0.2, 0.25) is 0 Å². The Hall–Kier alpha value is -1.12. The molecule has 0 aliphatic heterocycles. The van der Waals surface area contributed by atoms with Crippen LogP contribution in [-0.2, 0) is 17.1 Å². The molecule has 0 aromatic carbocycles. The number of nitrogen functional groups attached to an aromatic ring is 1. The molecule has 0 atom stereocenters. The van der Waals surface area contributed by atoms with Gasteiger partial charge >= 0.3 is 0 Å². The van der Waals surface area contributed by atoms with Crippen molar-refractivity contribution in [3.63, 3.8) is 0 Å². The van der Waals surface area contributed by atoms with Gasteiger partial charge in [0.2, 0.25) is 10.0 Å². The molecule has 1 rings (SSSR count). The lowest BCUT2D eigenvalue weighted by atomic mass is 10.7. The summed E-state index contributed by atoms with van der Waals surface area (Å²) in [7, 11) is -2.08. The number of sulfonamides is 1. The fourth-order valence-corrected chi connectivity index (χ4v) is 2.07. The molecule has 0 saturated heterocycles. The van der Waals surface area contributed by atoms with Crippen LogP contribution < -0.4 is 10.5 Å². The van der Waals surface area contributed by atoms with Crippen LogP contribution >= 0.6 is 0 Å². The van der Waals surface area contributed by atoms with Crippen LogP contribution in [-0.4, -0.2) is 36.5 Å². The molecule has 0 fully saturated rings. The highest BCUT2D eigenvalue weighted by Crippen LogP contribution is 2.14. The molecule has 1 aromatic rings. The molecule has 0 saturated carbocycles. The van der Waals surface area contributed by atoms with Gasteiger partial charge < -0.3 is 10.8 Å². The number of aliphatic hydroxyl groups is 1. The van der Waals surface area contributed by atoms with Crippen molar-refractivity contribution in [3.8, 4) is 0 Å². The Morgan fingerprint density at radius 2 is 2.36 bits per heavy atom. The Morgan fingerprint density at radius 3 is 2.79 bits per heavy atom. The first-order valence-corrected chi connectivity index (χ1v) is 5.35. The number of nitrogens with two attached hydrogens (primary N) is 1. The summed E-state index contributed by atoms with van der Waals surface area (Å²) in [5, 5.41) is 12.2. The number of aryl methyl sites for hydroxylation is 1. The molecule has 1 aromatic heterocycles. The van der Waals surface area contributed by atoms with Gasteiger partial charge in [-0.05, 0) is 0 Å². The van der Waals surface area contributed by atoms with E-state index in [0.717, 1.165) is 0 Å². The quantitative estimate of drug-likeness (QED) is 0.558. The summed E-state index contributed by atoms with van der Waals surface area (Å²) in [6.07, 6.45) is 1.30. The normalized spacial score (nSPS) is 11.9. The number of rotatable bonds is 4. The van der Waals surface area contributed by atoms with E-state index in [4.69, 9.17) is 10.8 Å². The Bertz CT molecular complexity index is 411. The van der Waals surface area contributed by atoms with Crippen molar-refractivity contribution in [1.29, 1.82) is 0 Å². The third-order valence-electron chi connectivity index (χ3n) is 1.52. The molecule has 0 radical (unpaired) electrons. The highest BCUT2D eigenvalue weighted by atomic mass is 32.2. The first-order valence-electron chi connectivity index (χ1n) is 3.87. The highest BCUT2D eigenvalue weighted by Gasteiger charge is 2.19. The Labute approximate surface area is 81.6 Å². The zero-order valence-electron chi connectivity index (χ0n) is 7.64. The standard InChI is InChI=1S/C6H12N4O3S/c1-10-4-5(6(7)9-10)14(12,13)8-2-3-11/h4,8,11H,2-3H2,1H3,(H2,7,9).